The molecule has 0 radical (unpaired) electrons. The second kappa shape index (κ2) is 6.56. The van der Waals surface area contributed by atoms with Crippen LogP contribution in [0.4, 0.5) is 18.9 Å². The number of hydrogen-bond donors (Lipinski definition) is 2. The lowest BCUT2D eigenvalue weighted by molar-refractivity contribution is -0.137. The van der Waals surface area contributed by atoms with Gasteiger partial charge in [-0.05, 0) is 24.3 Å². The van der Waals surface area contributed by atoms with Crippen molar-refractivity contribution in [2.75, 3.05) is 5.43 Å². The van der Waals surface area contributed by atoms with Crippen LogP contribution in [0.3, 0.4) is 0 Å². The van der Waals surface area contributed by atoms with E-state index in [-0.39, 0.29) is 17.1 Å². The zero-order valence-electron chi connectivity index (χ0n) is 10.6. The van der Waals surface area contributed by atoms with Crippen LogP contribution in [-0.2, 0) is 12.7 Å². The van der Waals surface area contributed by atoms with Crippen molar-refractivity contribution in [2.24, 2.45) is 0 Å². The standard InChI is InChI=1S/C14H11Cl2F3N2/c15-12-7-6-11(14(17,18)19)13(16)10(12)8-20-21-9-4-2-1-3-5-9/h1-7,20-21H,8H2. The van der Waals surface area contributed by atoms with Crippen molar-refractivity contribution in [3.8, 4) is 0 Å². The first-order valence-corrected chi connectivity index (χ1v) is 6.73. The van der Waals surface area contributed by atoms with Crippen LogP contribution in [0, 0.1) is 0 Å². The van der Waals surface area contributed by atoms with Gasteiger partial charge in [0, 0.05) is 22.8 Å². The summed E-state index contributed by atoms with van der Waals surface area (Å²) in [6, 6.07) is 11.2. The third-order valence-electron chi connectivity index (χ3n) is 2.76. The maximum Gasteiger partial charge on any atom is 0.417 e. The third kappa shape index (κ3) is 4.03. The molecule has 2 aromatic carbocycles. The molecule has 2 nitrogen and oxygen atoms in total. The Labute approximate surface area is 129 Å². The lowest BCUT2D eigenvalue weighted by atomic mass is 10.1. The Balaban J connectivity index is 2.13. The number of halogens is 5. The van der Waals surface area contributed by atoms with Gasteiger partial charge < -0.3 is 5.43 Å². The summed E-state index contributed by atoms with van der Waals surface area (Å²) in [5.74, 6) is 0. The van der Waals surface area contributed by atoms with Crippen LogP contribution >= 0.6 is 23.2 Å². The highest BCUT2D eigenvalue weighted by Crippen LogP contribution is 2.38. The molecule has 2 N–H and O–H groups in total. The Hall–Kier alpha value is -1.43. The molecule has 0 aliphatic rings. The van der Waals surface area contributed by atoms with E-state index in [4.69, 9.17) is 23.2 Å². The number of alkyl halides is 3. The molecule has 0 bridgehead atoms. The number of hydrazine groups is 1. The van der Waals surface area contributed by atoms with E-state index in [0.29, 0.717) is 0 Å². The maximum absolute atomic E-state index is 12.8. The van der Waals surface area contributed by atoms with E-state index in [1.165, 1.54) is 6.07 Å². The second-order valence-electron chi connectivity index (χ2n) is 4.23. The molecular weight excluding hydrogens is 324 g/mol. The van der Waals surface area contributed by atoms with Gasteiger partial charge in [-0.2, -0.15) is 13.2 Å². The molecule has 0 atom stereocenters. The van der Waals surface area contributed by atoms with Crippen molar-refractivity contribution in [2.45, 2.75) is 12.7 Å². The molecule has 0 saturated carbocycles. The molecule has 0 aliphatic heterocycles. The van der Waals surface area contributed by atoms with Crippen LogP contribution in [0.1, 0.15) is 11.1 Å². The van der Waals surface area contributed by atoms with Gasteiger partial charge >= 0.3 is 6.18 Å². The molecule has 0 saturated heterocycles. The van der Waals surface area contributed by atoms with E-state index in [2.05, 4.69) is 10.9 Å². The summed E-state index contributed by atoms with van der Waals surface area (Å²) >= 11 is 11.7. The number of rotatable bonds is 4. The van der Waals surface area contributed by atoms with Crippen molar-refractivity contribution in [3.05, 3.63) is 63.6 Å². The predicted octanol–water partition coefficient (Wildman–Crippen LogP) is 5.13. The number of benzene rings is 2. The van der Waals surface area contributed by atoms with Crippen LogP contribution in [0.15, 0.2) is 42.5 Å². The van der Waals surface area contributed by atoms with Gasteiger partial charge in [0.2, 0.25) is 0 Å². The Bertz CT molecular complexity index is 616. The lowest BCUT2D eigenvalue weighted by Crippen LogP contribution is -2.21. The number of hydrogen-bond acceptors (Lipinski definition) is 2. The highest BCUT2D eigenvalue weighted by molar-refractivity contribution is 6.36. The Morgan fingerprint density at radius 1 is 0.952 bits per heavy atom. The fraction of sp³-hybridized carbons (Fsp3) is 0.143. The molecular formula is C14H11Cl2F3N2. The monoisotopic (exact) mass is 334 g/mol. The highest BCUT2D eigenvalue weighted by atomic mass is 35.5. The molecule has 0 fully saturated rings. The van der Waals surface area contributed by atoms with E-state index in [0.717, 1.165) is 11.8 Å². The van der Waals surface area contributed by atoms with Crippen LogP contribution in [0.2, 0.25) is 10.0 Å². The fourth-order valence-electron chi connectivity index (χ4n) is 1.73. The second-order valence-corrected chi connectivity index (χ2v) is 5.01. The molecule has 112 valence electrons. The summed E-state index contributed by atoms with van der Waals surface area (Å²) in [5, 5.41) is -0.215. The van der Waals surface area contributed by atoms with Crippen LogP contribution < -0.4 is 10.9 Å². The van der Waals surface area contributed by atoms with Gasteiger partial charge in [-0.1, -0.05) is 41.4 Å². The van der Waals surface area contributed by atoms with E-state index >= 15 is 0 Å². The Morgan fingerprint density at radius 3 is 2.24 bits per heavy atom. The molecule has 0 amide bonds. The minimum Gasteiger partial charge on any atom is -0.321 e. The summed E-state index contributed by atoms with van der Waals surface area (Å²) in [7, 11) is 0. The first kappa shape index (κ1) is 15.9. The highest BCUT2D eigenvalue weighted by Gasteiger charge is 2.34. The van der Waals surface area contributed by atoms with Gasteiger partial charge in [0.05, 0.1) is 10.6 Å². The van der Waals surface area contributed by atoms with Crippen LogP contribution in [0.5, 0.6) is 0 Å². The third-order valence-corrected chi connectivity index (χ3v) is 3.55. The van der Waals surface area contributed by atoms with Gasteiger partial charge in [-0.25, -0.2) is 5.43 Å². The minimum atomic E-state index is -4.51. The van der Waals surface area contributed by atoms with Crippen LogP contribution in [-0.4, -0.2) is 0 Å². The molecule has 2 rings (SSSR count). The maximum atomic E-state index is 12.8. The van der Waals surface area contributed by atoms with Crippen molar-refractivity contribution in [1.29, 1.82) is 0 Å². The molecule has 0 unspecified atom stereocenters. The molecule has 0 heterocycles. The zero-order chi connectivity index (χ0) is 15.5. The van der Waals surface area contributed by atoms with Crippen molar-refractivity contribution in [3.63, 3.8) is 0 Å². The van der Waals surface area contributed by atoms with Crippen molar-refractivity contribution in [1.82, 2.24) is 5.43 Å². The quantitative estimate of drug-likeness (QED) is 0.757. The van der Waals surface area contributed by atoms with E-state index in [1.807, 2.05) is 30.3 Å². The summed E-state index contributed by atoms with van der Waals surface area (Å²) in [4.78, 5) is 0. The Kier molecular flexibility index (Phi) is 4.98. The fourth-order valence-corrected chi connectivity index (χ4v) is 2.35. The molecule has 0 aliphatic carbocycles. The number of para-hydroxylation sites is 1. The summed E-state index contributed by atoms with van der Waals surface area (Å²) in [6.45, 7) is 0.0521. The van der Waals surface area contributed by atoms with Gasteiger partial charge in [-0.3, -0.25) is 0 Å². The lowest BCUT2D eigenvalue weighted by Gasteiger charge is -2.15. The molecule has 7 heteroatoms. The van der Waals surface area contributed by atoms with Gasteiger partial charge in [-0.15, -0.1) is 0 Å². The normalized spacial score (nSPS) is 11.5. The zero-order valence-corrected chi connectivity index (χ0v) is 12.2. The van der Waals surface area contributed by atoms with Crippen molar-refractivity contribution >= 4 is 28.9 Å². The predicted molar refractivity (Wildman–Crippen MR) is 78.4 cm³/mol. The first-order chi connectivity index (χ1) is 9.89. The van der Waals surface area contributed by atoms with E-state index in [1.54, 1.807) is 0 Å². The van der Waals surface area contributed by atoms with Crippen LogP contribution in [0.25, 0.3) is 0 Å². The Morgan fingerprint density at radius 2 is 1.62 bits per heavy atom. The first-order valence-electron chi connectivity index (χ1n) is 5.97. The minimum absolute atomic E-state index is 0.0521. The molecule has 2 aromatic rings. The summed E-state index contributed by atoms with van der Waals surface area (Å²) < 4.78 is 38.4. The largest absolute Gasteiger partial charge is 0.417 e. The van der Waals surface area contributed by atoms with Gasteiger partial charge in [0.15, 0.2) is 0 Å². The molecule has 0 spiro atoms. The van der Waals surface area contributed by atoms with Gasteiger partial charge in [0.1, 0.15) is 0 Å². The van der Waals surface area contributed by atoms with E-state index in [9.17, 15) is 13.2 Å². The van der Waals surface area contributed by atoms with Gasteiger partial charge in [0.25, 0.3) is 0 Å². The molecule has 21 heavy (non-hydrogen) atoms. The topological polar surface area (TPSA) is 24.1 Å². The SMILES string of the molecule is FC(F)(F)c1ccc(Cl)c(CNNc2ccccc2)c1Cl. The summed E-state index contributed by atoms with van der Waals surface area (Å²) in [5.41, 5.74) is 5.72. The number of anilines is 1. The molecule has 0 aromatic heterocycles. The summed E-state index contributed by atoms with van der Waals surface area (Å²) in [6.07, 6.45) is -4.51. The van der Waals surface area contributed by atoms with E-state index < -0.39 is 16.8 Å². The average Bonchev–Trinajstić information content (AvgIpc) is 2.42. The van der Waals surface area contributed by atoms with Crippen molar-refractivity contribution < 1.29 is 13.2 Å². The smallest absolute Gasteiger partial charge is 0.321 e. The number of nitrogens with one attached hydrogen (secondary N) is 2. The average molecular weight is 335 g/mol.